The van der Waals surface area contributed by atoms with E-state index in [9.17, 15) is 0 Å². The van der Waals surface area contributed by atoms with E-state index in [0.29, 0.717) is 0 Å². The minimum atomic E-state index is 0. The minimum Gasteiger partial charge on any atom is -0.545 e. The van der Waals surface area contributed by atoms with Crippen molar-refractivity contribution >= 4 is 111 Å². The van der Waals surface area contributed by atoms with Gasteiger partial charge in [0, 0.05) is 106 Å². The Hall–Kier alpha value is -9.98. The summed E-state index contributed by atoms with van der Waals surface area (Å²) in [6, 6.07) is 103. The SMILES string of the molecule is C.CCCCCCc1cc(-c2ccc(-c3sc(C)cc3CCCCCC)cn2)[c-]cc1C.CCCCCCc1cc(-c2ccc(-c3sc(C)cc3CCCCCC)cn2)ccc1C.CCCCCCc1cc(-c2ccc(Br)cn2)ccc1Br.CCCCCCc1cc(Br)sc1Br.[2H][C-]=O.[2H][C-]=O.[Ir+3].[Ni+2].[c-]1ccccc1-c1ccccn1.[c-]1ccccc1-c1ccccn1.c1ccc(-c2ccccn2)cc1.c1ccc(-c2ccccn2)nc1. The molecule has 11 heterocycles. The van der Waals surface area contributed by atoms with Gasteiger partial charge < -0.3 is 24.5 Å². The van der Waals surface area contributed by atoms with E-state index >= 15 is 0 Å². The van der Waals surface area contributed by atoms with E-state index in [1.54, 1.807) is 36.1 Å². The molecule has 0 amide bonds. The van der Waals surface area contributed by atoms with Gasteiger partial charge in [-0.05, 0) is 299 Å². The quantitative estimate of drug-likeness (QED) is 0.0158. The molecule has 10 nitrogen and oxygen atoms in total. The van der Waals surface area contributed by atoms with Crippen LogP contribution in [0.15, 0.2) is 339 Å². The first-order valence-electron chi connectivity index (χ1n) is 53.1. The van der Waals surface area contributed by atoms with Gasteiger partial charge in [-0.3, -0.25) is 38.5 Å². The molecule has 19 heteroatoms. The summed E-state index contributed by atoms with van der Waals surface area (Å²) in [5, 5.41) is 0. The molecule has 11 aromatic heterocycles. The summed E-state index contributed by atoms with van der Waals surface area (Å²) in [6.45, 7) is 24.0. The van der Waals surface area contributed by atoms with Gasteiger partial charge in [-0.2, -0.15) is 2.74 Å². The summed E-state index contributed by atoms with van der Waals surface area (Å²) in [5.74, 6) is 0. The van der Waals surface area contributed by atoms with Gasteiger partial charge in [-0.15, -0.1) is 141 Å². The average molecular weight is 2540 g/mol. The summed E-state index contributed by atoms with van der Waals surface area (Å²) in [4.78, 5) is 57.5. The summed E-state index contributed by atoms with van der Waals surface area (Å²) in [6.07, 6.45) is 53.4. The first-order valence-corrected chi connectivity index (χ1v) is 57.7. The van der Waals surface area contributed by atoms with Gasteiger partial charge >= 0.3 is 36.6 Å². The fourth-order valence-corrected chi connectivity index (χ4v) is 22.0. The Morgan fingerprint density at radius 3 is 1.02 bits per heavy atom. The minimum absolute atomic E-state index is 0. The number of hydrogen-bond acceptors (Lipinski definition) is 13. The molecule has 0 fully saturated rings. The van der Waals surface area contributed by atoms with Crippen molar-refractivity contribution in [1.82, 2.24) is 39.9 Å². The Bertz CT molecular complexity index is 5840. The smallest absolute Gasteiger partial charge is 0.545 e. The van der Waals surface area contributed by atoms with E-state index in [1.165, 1.54) is 278 Å². The molecular weight excluding hydrogens is 2380 g/mol. The number of unbranched alkanes of at least 4 members (excludes halogenated alkanes) is 18. The van der Waals surface area contributed by atoms with Crippen LogP contribution in [0.25, 0.3) is 99.8 Å². The fraction of sp³-hybridized carbons (Fsp3) is 0.313. The Labute approximate surface area is 971 Å². The molecule has 0 aliphatic rings. The van der Waals surface area contributed by atoms with Crippen molar-refractivity contribution in [2.75, 3.05) is 0 Å². The van der Waals surface area contributed by atoms with Crippen molar-refractivity contribution in [2.45, 2.75) is 269 Å². The topological polar surface area (TPSA) is 137 Å². The van der Waals surface area contributed by atoms with E-state index in [0.717, 1.165) is 98.6 Å². The van der Waals surface area contributed by atoms with Crippen LogP contribution in [0.2, 0.25) is 0 Å². The van der Waals surface area contributed by atoms with Crippen molar-refractivity contribution in [1.29, 1.82) is 0 Å². The van der Waals surface area contributed by atoms with Crippen LogP contribution in [0.5, 0.6) is 0 Å². The van der Waals surface area contributed by atoms with Crippen LogP contribution in [-0.2, 0) is 84.7 Å². The molecule has 0 radical (unpaired) electrons. The number of pyridine rings is 8. The standard InChI is InChI=1S/C29H39NS.C29H38NS.C17H19Br2N.C11H9N.2C11H8N.C10H14Br2S.C10H8N2.2CHO.CH4.Ir.Ni/c2*1-5-7-9-11-13-24-20-25(16-15-22(24)3)28-18-17-27(21-30-28)29-26(19-23(4)31-29)14-12-10-8-6-2;1-2-3-4-5-6-13-11-14(7-9-16(13)19)17-10-8-15(18)12-20-17;3*1-2-6-10(7-3-1)11-8-4-5-9-12-11;1-2-3-4-5-6-8-7-9(11)13-10(8)12;1-3-7-11-9(5-1)10-6-2-4-8-12-10;2*1-2;;;/h15-21H,5-14H2,1-4H3;15,17-21H,5-14H2,1-4H3;7-12H,2-6H2,1H3;1-9H;2*1-6,8-9H;7H,2-6H2,1H3;1-8H;2*1H;1H4;;/q;-1;;;2*-1;;;2*-1;;+3;+2/i;;;;;;;;2*1D;;;. The Morgan fingerprint density at radius 1 is 0.293 bits per heavy atom. The third kappa shape index (κ3) is 48.6. The Morgan fingerprint density at radius 2 is 0.640 bits per heavy atom. The maximum atomic E-state index is 8.35. The molecule has 6 aromatic carbocycles. The number of halogens is 4. The maximum absolute atomic E-state index is 8.35. The van der Waals surface area contributed by atoms with Crippen molar-refractivity contribution in [3.63, 3.8) is 0 Å². The first-order chi connectivity index (χ1) is 72.9. The normalized spacial score (nSPS) is 10.3. The fourth-order valence-electron chi connectivity index (χ4n) is 16.3. The van der Waals surface area contributed by atoms with E-state index in [2.05, 4.69) is 297 Å². The van der Waals surface area contributed by atoms with Crippen LogP contribution in [0.1, 0.15) is 260 Å². The van der Waals surface area contributed by atoms with Crippen LogP contribution in [-0.4, -0.2) is 53.4 Å². The maximum Gasteiger partial charge on any atom is 3.00 e. The largest absolute Gasteiger partial charge is 3.00 e. The number of benzene rings is 6. The predicted molar refractivity (Wildman–Crippen MR) is 650 cm³/mol. The molecule has 0 N–H and O–H groups in total. The van der Waals surface area contributed by atoms with Crippen molar-refractivity contribution in [2.24, 2.45) is 0 Å². The van der Waals surface area contributed by atoms with Gasteiger partial charge in [0.25, 0.3) is 0 Å². The summed E-state index contributed by atoms with van der Waals surface area (Å²) in [5.41, 5.74) is 28.7. The number of nitrogens with zero attached hydrogens (tertiary/aromatic N) is 8. The molecule has 0 aliphatic heterocycles. The second kappa shape index (κ2) is 79.1. The van der Waals surface area contributed by atoms with Crippen LogP contribution in [0, 0.1) is 45.9 Å². The van der Waals surface area contributed by atoms with Gasteiger partial charge in [-0.25, -0.2) is 0 Å². The summed E-state index contributed by atoms with van der Waals surface area (Å²) >= 11 is 19.7. The number of rotatable bonds is 39. The summed E-state index contributed by atoms with van der Waals surface area (Å²) in [7, 11) is 0. The monoisotopic (exact) mass is 2530 g/mol. The van der Waals surface area contributed by atoms with E-state index in [1.807, 2.05) is 205 Å². The van der Waals surface area contributed by atoms with Gasteiger partial charge in [-0.1, -0.05) is 297 Å². The number of thiophene rings is 3. The first kappa shape index (κ1) is 127. The van der Waals surface area contributed by atoms with Gasteiger partial charge in [0.15, 0.2) is 0 Å². The van der Waals surface area contributed by atoms with Crippen molar-refractivity contribution in [3.05, 3.63) is 412 Å². The van der Waals surface area contributed by atoms with Gasteiger partial charge in [0.1, 0.15) is 0 Å². The Balaban J connectivity index is 0.000000311. The van der Waals surface area contributed by atoms with Crippen LogP contribution < -0.4 is 0 Å². The number of carbonyl (C=O) groups excluding carboxylic acids is 2. The van der Waals surface area contributed by atoms with E-state index < -0.39 is 0 Å². The molecule has 790 valence electrons. The molecule has 0 saturated heterocycles. The molecular formula is C131H149Br4IrN8NiO2S3. The van der Waals surface area contributed by atoms with E-state index in [-0.39, 0.29) is 44.0 Å². The van der Waals surface area contributed by atoms with Crippen LogP contribution in [0.3, 0.4) is 0 Å². The Kier molecular flexibility index (Phi) is 66.9. The van der Waals surface area contributed by atoms with E-state index in [4.69, 9.17) is 22.3 Å². The molecule has 150 heavy (non-hydrogen) atoms. The van der Waals surface area contributed by atoms with Crippen molar-refractivity contribution in [3.8, 4) is 99.8 Å². The predicted octanol–water partition coefficient (Wildman–Crippen LogP) is 40.3. The molecule has 0 spiro atoms. The van der Waals surface area contributed by atoms with Gasteiger partial charge in [0.2, 0.25) is 0 Å². The summed E-state index contributed by atoms with van der Waals surface area (Å²) < 4.78 is 15.5. The zero-order valence-electron chi connectivity index (χ0n) is 90.1. The molecule has 0 atom stereocenters. The number of aryl methyl sites for hydroxylation is 10. The molecule has 17 rings (SSSR count). The zero-order chi connectivity index (χ0) is 106. The second-order valence-electron chi connectivity index (χ2n) is 35.9. The molecule has 17 aromatic rings. The van der Waals surface area contributed by atoms with Crippen LogP contribution in [0.4, 0.5) is 0 Å². The zero-order valence-corrected chi connectivity index (χ0v) is 100. The molecule has 0 aliphatic carbocycles. The third-order valence-electron chi connectivity index (χ3n) is 24.3. The second-order valence-corrected chi connectivity index (χ2v) is 43.9. The number of aromatic nitrogens is 8. The average Bonchev–Trinajstić information content (AvgIpc) is 1.66. The number of hydrogen-bond donors (Lipinski definition) is 0. The van der Waals surface area contributed by atoms with Crippen molar-refractivity contribution < 1.29 is 48.9 Å². The molecule has 0 unspecified atom stereocenters. The molecule has 0 bridgehead atoms. The third-order valence-corrected chi connectivity index (χ3v) is 30.3. The molecule has 0 saturated carbocycles. The van der Waals surface area contributed by atoms with Gasteiger partial charge in [0.05, 0.1) is 36.0 Å². The van der Waals surface area contributed by atoms with Crippen LogP contribution >= 0.6 is 97.7 Å².